The predicted molar refractivity (Wildman–Crippen MR) is 96.0 cm³/mol. The summed E-state index contributed by atoms with van der Waals surface area (Å²) in [5.74, 6) is -0.231. The molecule has 0 unspecified atom stereocenters. The molecule has 0 aromatic heterocycles. The molecule has 0 amide bonds. The SMILES string of the molecule is C/C(=N\NC(N)N)C1CCCCCCCCCCC1.CC(=O)O. The minimum atomic E-state index is -0.833. The van der Waals surface area contributed by atoms with Gasteiger partial charge in [0.2, 0.25) is 0 Å². The van der Waals surface area contributed by atoms with Crippen LogP contribution in [0.2, 0.25) is 0 Å². The van der Waals surface area contributed by atoms with Gasteiger partial charge in [-0.1, -0.05) is 57.8 Å². The fourth-order valence-electron chi connectivity index (χ4n) is 2.85. The number of nitrogens with two attached hydrogens (primary N) is 2. The van der Waals surface area contributed by atoms with Crippen LogP contribution in [0, 0.1) is 5.92 Å². The Morgan fingerprint density at radius 2 is 1.30 bits per heavy atom. The third-order valence-electron chi connectivity index (χ3n) is 4.09. The summed E-state index contributed by atoms with van der Waals surface area (Å²) in [5.41, 5.74) is 14.9. The Balaban J connectivity index is 0.00000108. The number of carboxylic acids is 1. The Morgan fingerprint density at radius 3 is 1.65 bits per heavy atom. The van der Waals surface area contributed by atoms with Crippen LogP contribution < -0.4 is 16.9 Å². The van der Waals surface area contributed by atoms with E-state index in [9.17, 15) is 0 Å². The minimum absolute atomic E-state index is 0.554. The van der Waals surface area contributed by atoms with E-state index in [4.69, 9.17) is 21.4 Å². The van der Waals surface area contributed by atoms with E-state index in [1.165, 1.54) is 70.6 Å². The smallest absolute Gasteiger partial charge is 0.300 e. The van der Waals surface area contributed by atoms with Crippen molar-refractivity contribution in [3.63, 3.8) is 0 Å². The molecule has 0 radical (unpaired) electrons. The van der Waals surface area contributed by atoms with Gasteiger partial charge in [0.05, 0.1) is 0 Å². The molecular weight excluding hydrogens is 292 g/mol. The van der Waals surface area contributed by atoms with Gasteiger partial charge in [-0.25, -0.2) is 0 Å². The normalized spacial score (nSPS) is 19.1. The number of nitrogens with one attached hydrogen (secondary N) is 1. The lowest BCUT2D eigenvalue weighted by Crippen LogP contribution is -2.42. The summed E-state index contributed by atoms with van der Waals surface area (Å²) in [5, 5.41) is 11.7. The van der Waals surface area contributed by atoms with E-state index in [-0.39, 0.29) is 0 Å². The Hall–Kier alpha value is -1.14. The van der Waals surface area contributed by atoms with Crippen LogP contribution >= 0.6 is 0 Å². The molecule has 0 aromatic carbocycles. The zero-order chi connectivity index (χ0) is 17.5. The van der Waals surface area contributed by atoms with Crippen molar-refractivity contribution in [2.75, 3.05) is 0 Å². The molecule has 1 aliphatic rings. The van der Waals surface area contributed by atoms with Crippen LogP contribution in [-0.4, -0.2) is 23.1 Å². The van der Waals surface area contributed by atoms with Gasteiger partial charge in [-0.2, -0.15) is 5.10 Å². The first-order valence-corrected chi connectivity index (χ1v) is 8.94. The molecule has 6 heteroatoms. The van der Waals surface area contributed by atoms with Crippen LogP contribution in [0.3, 0.4) is 0 Å². The highest BCUT2D eigenvalue weighted by Gasteiger charge is 2.13. The summed E-state index contributed by atoms with van der Waals surface area (Å²) < 4.78 is 0. The Morgan fingerprint density at radius 1 is 0.957 bits per heavy atom. The fraction of sp³-hybridized carbons (Fsp3) is 0.882. The number of hydrazone groups is 1. The number of hydrogen-bond donors (Lipinski definition) is 4. The Bertz CT molecular complexity index is 317. The molecule has 0 bridgehead atoms. The summed E-state index contributed by atoms with van der Waals surface area (Å²) in [6.45, 7) is 3.19. The van der Waals surface area contributed by atoms with Gasteiger partial charge < -0.3 is 5.11 Å². The molecule has 0 heterocycles. The molecule has 0 aliphatic heterocycles. The lowest BCUT2D eigenvalue weighted by molar-refractivity contribution is -0.134. The second-order valence-electron chi connectivity index (χ2n) is 6.38. The molecule has 1 aliphatic carbocycles. The van der Waals surface area contributed by atoms with Crippen LogP contribution in [0.15, 0.2) is 5.10 Å². The maximum absolute atomic E-state index is 9.00. The Labute approximate surface area is 141 Å². The molecule has 1 saturated carbocycles. The van der Waals surface area contributed by atoms with E-state index in [1.807, 2.05) is 0 Å². The maximum Gasteiger partial charge on any atom is 0.300 e. The number of carbonyl (C=O) groups is 1. The maximum atomic E-state index is 9.00. The number of hydrogen-bond acceptors (Lipinski definition) is 5. The average molecular weight is 329 g/mol. The zero-order valence-electron chi connectivity index (χ0n) is 14.9. The lowest BCUT2D eigenvalue weighted by atomic mass is 9.90. The molecule has 0 atom stereocenters. The number of aliphatic carboxylic acids is 1. The average Bonchev–Trinajstić information content (AvgIpc) is 2.44. The molecular formula is C17H36N4O2. The van der Waals surface area contributed by atoms with Gasteiger partial charge in [0.15, 0.2) is 0 Å². The molecule has 1 fully saturated rings. The highest BCUT2D eigenvalue weighted by atomic mass is 16.4. The van der Waals surface area contributed by atoms with Crippen molar-refractivity contribution in [2.45, 2.75) is 90.8 Å². The fourth-order valence-corrected chi connectivity index (χ4v) is 2.85. The highest BCUT2D eigenvalue weighted by molar-refractivity contribution is 5.84. The van der Waals surface area contributed by atoms with Crippen molar-refractivity contribution in [3.05, 3.63) is 0 Å². The van der Waals surface area contributed by atoms with Crippen molar-refractivity contribution in [2.24, 2.45) is 22.5 Å². The molecule has 136 valence electrons. The van der Waals surface area contributed by atoms with Crippen LogP contribution in [0.5, 0.6) is 0 Å². The van der Waals surface area contributed by atoms with Crippen LogP contribution in [-0.2, 0) is 4.79 Å². The van der Waals surface area contributed by atoms with Crippen LogP contribution in [0.4, 0.5) is 0 Å². The second kappa shape index (κ2) is 14.5. The predicted octanol–water partition coefficient (Wildman–Crippen LogP) is 3.16. The van der Waals surface area contributed by atoms with E-state index >= 15 is 0 Å². The van der Waals surface area contributed by atoms with Gasteiger partial charge in [-0.15, -0.1) is 0 Å². The lowest BCUT2D eigenvalue weighted by Gasteiger charge is -2.18. The zero-order valence-corrected chi connectivity index (χ0v) is 14.9. The molecule has 1 rings (SSSR count). The van der Waals surface area contributed by atoms with Crippen molar-refractivity contribution in [1.29, 1.82) is 0 Å². The van der Waals surface area contributed by atoms with Gasteiger partial charge in [0.1, 0.15) is 6.29 Å². The third kappa shape index (κ3) is 15.5. The first-order valence-electron chi connectivity index (χ1n) is 8.94. The summed E-state index contributed by atoms with van der Waals surface area (Å²) >= 11 is 0. The number of rotatable bonds is 3. The van der Waals surface area contributed by atoms with E-state index in [2.05, 4.69) is 17.5 Å². The van der Waals surface area contributed by atoms with Gasteiger partial charge in [0.25, 0.3) is 5.97 Å². The molecule has 6 N–H and O–H groups in total. The summed E-state index contributed by atoms with van der Waals surface area (Å²) in [7, 11) is 0. The monoisotopic (exact) mass is 328 g/mol. The molecule has 0 spiro atoms. The highest BCUT2D eigenvalue weighted by Crippen LogP contribution is 2.22. The van der Waals surface area contributed by atoms with E-state index in [0.29, 0.717) is 5.92 Å². The van der Waals surface area contributed by atoms with Crippen molar-refractivity contribution >= 4 is 11.7 Å². The Kier molecular flexibility index (Phi) is 13.7. The summed E-state index contributed by atoms with van der Waals surface area (Å²) in [6.07, 6.45) is 14.4. The number of carboxylic acid groups (broad SMARTS) is 1. The van der Waals surface area contributed by atoms with Crippen molar-refractivity contribution < 1.29 is 9.90 Å². The van der Waals surface area contributed by atoms with Crippen LogP contribution in [0.25, 0.3) is 0 Å². The topological polar surface area (TPSA) is 114 Å². The van der Waals surface area contributed by atoms with Gasteiger partial charge in [-0.3, -0.25) is 21.7 Å². The third-order valence-corrected chi connectivity index (χ3v) is 4.09. The molecule has 0 saturated heterocycles. The first-order chi connectivity index (χ1) is 10.9. The molecule has 0 aromatic rings. The minimum Gasteiger partial charge on any atom is -0.481 e. The van der Waals surface area contributed by atoms with Gasteiger partial charge in [0, 0.05) is 12.6 Å². The number of nitrogens with zero attached hydrogens (tertiary/aromatic N) is 1. The van der Waals surface area contributed by atoms with Gasteiger partial charge >= 0.3 is 0 Å². The molecule has 6 nitrogen and oxygen atoms in total. The van der Waals surface area contributed by atoms with Crippen molar-refractivity contribution in [1.82, 2.24) is 5.43 Å². The summed E-state index contributed by atoms with van der Waals surface area (Å²) in [4.78, 5) is 9.00. The summed E-state index contributed by atoms with van der Waals surface area (Å²) in [6, 6.07) is 0. The van der Waals surface area contributed by atoms with Crippen LogP contribution in [0.1, 0.15) is 84.5 Å². The van der Waals surface area contributed by atoms with Crippen molar-refractivity contribution in [3.8, 4) is 0 Å². The van der Waals surface area contributed by atoms with E-state index in [1.54, 1.807) is 0 Å². The van der Waals surface area contributed by atoms with E-state index in [0.717, 1.165) is 12.6 Å². The van der Waals surface area contributed by atoms with Gasteiger partial charge in [-0.05, 0) is 25.7 Å². The quantitative estimate of drug-likeness (QED) is 0.361. The standard InChI is InChI=1S/C15H32N4.C2H4O2/c1-13(18-19-15(16)17)14-11-9-7-5-3-2-4-6-8-10-12-14;1-2(3)4/h14-15,19H,2-12,16-17H2,1H3;1H3,(H,3,4)/b18-13+;. The second-order valence-corrected chi connectivity index (χ2v) is 6.38. The first kappa shape index (κ1) is 21.9. The molecule has 23 heavy (non-hydrogen) atoms. The van der Waals surface area contributed by atoms with E-state index < -0.39 is 12.3 Å². The largest absolute Gasteiger partial charge is 0.481 e.